The zero-order valence-corrected chi connectivity index (χ0v) is 19.8. The van der Waals surface area contributed by atoms with Gasteiger partial charge in [0.05, 0.1) is 18.0 Å². The quantitative estimate of drug-likeness (QED) is 0.161. The number of rotatable bonds is 14. The number of nitrogens with zero attached hydrogens (tertiary/aromatic N) is 1. The predicted octanol–water partition coefficient (Wildman–Crippen LogP) is 8.32. The molecule has 6 heteroatoms. The minimum atomic E-state index is -4.40. The summed E-state index contributed by atoms with van der Waals surface area (Å²) in [7, 11) is 0. The van der Waals surface area contributed by atoms with Crippen LogP contribution < -0.4 is 4.74 Å². The van der Waals surface area contributed by atoms with Crippen LogP contribution in [0.3, 0.4) is 0 Å². The second kappa shape index (κ2) is 14.0. The summed E-state index contributed by atoms with van der Waals surface area (Å²) in [5, 5.41) is 0. The highest BCUT2D eigenvalue weighted by molar-refractivity contribution is 5.73. The van der Waals surface area contributed by atoms with Crippen LogP contribution in [0.5, 0.6) is 5.75 Å². The summed E-state index contributed by atoms with van der Waals surface area (Å²) in [5.41, 5.74) is 2.87. The van der Waals surface area contributed by atoms with Gasteiger partial charge in [0.15, 0.2) is 0 Å². The van der Waals surface area contributed by atoms with E-state index < -0.39 is 24.5 Å². The van der Waals surface area contributed by atoms with Gasteiger partial charge in [-0.05, 0) is 55.2 Å². The number of ether oxygens (including phenoxy) is 1. The molecule has 0 saturated carbocycles. The Morgan fingerprint density at radius 2 is 1.58 bits per heavy atom. The molecule has 0 spiro atoms. The van der Waals surface area contributed by atoms with Gasteiger partial charge in [-0.15, -0.1) is 0 Å². The number of pyridine rings is 1. The lowest BCUT2D eigenvalue weighted by Crippen LogP contribution is -2.27. The van der Waals surface area contributed by atoms with E-state index in [-0.39, 0.29) is 12.2 Å². The van der Waals surface area contributed by atoms with Crippen molar-refractivity contribution in [3.05, 3.63) is 48.2 Å². The van der Waals surface area contributed by atoms with Gasteiger partial charge in [-0.3, -0.25) is 9.78 Å². The minimum Gasteiger partial charge on any atom is -0.427 e. The van der Waals surface area contributed by atoms with Crippen molar-refractivity contribution in [2.75, 3.05) is 0 Å². The Bertz CT molecular complexity index is 817. The molecule has 0 aliphatic carbocycles. The van der Waals surface area contributed by atoms with Crippen LogP contribution >= 0.6 is 0 Å². The average Bonchev–Trinajstić information content (AvgIpc) is 2.79. The molecular weight excluding hydrogens is 427 g/mol. The molecule has 1 aromatic heterocycles. The van der Waals surface area contributed by atoms with Crippen molar-refractivity contribution in [3.8, 4) is 17.0 Å². The maximum atomic E-state index is 13.1. The van der Waals surface area contributed by atoms with Gasteiger partial charge < -0.3 is 4.74 Å². The molecule has 0 fully saturated rings. The molecule has 0 N–H and O–H groups in total. The lowest BCUT2D eigenvalue weighted by atomic mass is 9.98. The first-order chi connectivity index (χ1) is 15.8. The summed E-state index contributed by atoms with van der Waals surface area (Å²) < 4.78 is 44.5. The maximum Gasteiger partial charge on any atom is 0.392 e. The number of benzene rings is 1. The highest BCUT2D eigenvalue weighted by atomic mass is 19.4. The van der Waals surface area contributed by atoms with Gasteiger partial charge in [-0.2, -0.15) is 13.2 Å². The van der Waals surface area contributed by atoms with Crippen molar-refractivity contribution < 1.29 is 22.7 Å². The zero-order valence-electron chi connectivity index (χ0n) is 19.8. The highest BCUT2D eigenvalue weighted by Crippen LogP contribution is 2.33. The number of hydrogen-bond donors (Lipinski definition) is 0. The third kappa shape index (κ3) is 9.97. The summed E-state index contributed by atoms with van der Waals surface area (Å²) in [5.74, 6) is -2.29. The number of esters is 1. The maximum absolute atomic E-state index is 13.1. The first-order valence-electron chi connectivity index (χ1n) is 12.2. The summed E-state index contributed by atoms with van der Waals surface area (Å²) in [6, 6.07) is 10.7. The zero-order chi connectivity index (χ0) is 24.1. The monoisotopic (exact) mass is 463 g/mol. The minimum absolute atomic E-state index is 0.0610. The molecule has 0 saturated heterocycles. The van der Waals surface area contributed by atoms with Crippen LogP contribution in [-0.4, -0.2) is 17.1 Å². The summed E-state index contributed by atoms with van der Waals surface area (Å²) in [6.45, 7) is 4.04. The van der Waals surface area contributed by atoms with E-state index in [1.165, 1.54) is 44.1 Å². The Morgan fingerprint density at radius 1 is 0.909 bits per heavy atom. The van der Waals surface area contributed by atoms with Crippen molar-refractivity contribution in [2.45, 2.75) is 90.7 Å². The molecule has 0 aliphatic rings. The topological polar surface area (TPSA) is 39.2 Å². The van der Waals surface area contributed by atoms with E-state index in [9.17, 15) is 18.0 Å². The number of aromatic nitrogens is 1. The fourth-order valence-electron chi connectivity index (χ4n) is 3.75. The van der Waals surface area contributed by atoms with Crippen molar-refractivity contribution in [2.24, 2.45) is 5.92 Å². The van der Waals surface area contributed by atoms with Crippen LogP contribution in [0.2, 0.25) is 0 Å². The van der Waals surface area contributed by atoms with Gasteiger partial charge in [0, 0.05) is 11.8 Å². The normalized spacial score (nSPS) is 12.5. The molecule has 0 aliphatic heterocycles. The largest absolute Gasteiger partial charge is 0.427 e. The number of unbranched alkanes of at least 4 members (excludes halogenated alkanes) is 6. The van der Waals surface area contributed by atoms with Gasteiger partial charge in [0.25, 0.3) is 0 Å². The van der Waals surface area contributed by atoms with E-state index in [0.29, 0.717) is 12.8 Å². The molecule has 0 amide bonds. The molecule has 1 heterocycles. The number of hydrogen-bond acceptors (Lipinski definition) is 3. The van der Waals surface area contributed by atoms with Gasteiger partial charge in [-0.25, -0.2) is 0 Å². The molecule has 0 bridgehead atoms. The van der Waals surface area contributed by atoms with Gasteiger partial charge in [0.1, 0.15) is 5.75 Å². The Morgan fingerprint density at radius 3 is 2.18 bits per heavy atom. The van der Waals surface area contributed by atoms with Crippen molar-refractivity contribution >= 4 is 5.97 Å². The van der Waals surface area contributed by atoms with Gasteiger partial charge in [0.2, 0.25) is 0 Å². The van der Waals surface area contributed by atoms with Crippen LogP contribution in [0.4, 0.5) is 13.2 Å². The van der Waals surface area contributed by atoms with E-state index in [1.54, 1.807) is 24.3 Å². The fraction of sp³-hybridized carbons (Fsp3) is 0.556. The average molecular weight is 464 g/mol. The van der Waals surface area contributed by atoms with Crippen LogP contribution in [0, 0.1) is 5.92 Å². The molecule has 3 nitrogen and oxygen atoms in total. The second-order valence-corrected chi connectivity index (χ2v) is 8.65. The molecule has 1 unspecified atom stereocenters. The molecule has 2 aromatic rings. The summed E-state index contributed by atoms with van der Waals surface area (Å²) in [6.07, 6.45) is 6.43. The standard InChI is InChI=1S/C27H36F3NO2/c1-3-5-7-8-9-10-11-21-13-18-25(31-20-21)22-14-16-24(17-15-22)33-26(32)19-23(12-6-4-2)27(28,29)30/h13-18,20,23H,3-12,19H2,1-2H3. The highest BCUT2D eigenvalue weighted by Gasteiger charge is 2.40. The number of carbonyl (C=O) groups excluding carboxylic acids is 1. The number of halogens is 3. The number of carbonyl (C=O) groups is 1. The van der Waals surface area contributed by atoms with Crippen LogP contribution in [-0.2, 0) is 11.2 Å². The van der Waals surface area contributed by atoms with Crippen molar-refractivity contribution in [1.29, 1.82) is 0 Å². The van der Waals surface area contributed by atoms with E-state index in [4.69, 9.17) is 4.74 Å². The van der Waals surface area contributed by atoms with Gasteiger partial charge >= 0.3 is 12.1 Å². The number of alkyl halides is 3. The smallest absolute Gasteiger partial charge is 0.392 e. The Labute approximate surface area is 195 Å². The van der Waals surface area contributed by atoms with Crippen molar-refractivity contribution in [3.63, 3.8) is 0 Å². The lowest BCUT2D eigenvalue weighted by molar-refractivity contribution is -0.183. The third-order valence-corrected chi connectivity index (χ3v) is 5.81. The molecule has 1 aromatic carbocycles. The SMILES string of the molecule is CCCCCCCCc1ccc(-c2ccc(OC(=O)CC(CCCC)C(F)(F)F)cc2)nc1. The van der Waals surface area contributed by atoms with Gasteiger partial charge in [-0.1, -0.05) is 64.9 Å². The van der Waals surface area contributed by atoms with E-state index in [1.807, 2.05) is 19.2 Å². The number of aryl methyl sites for hydroxylation is 1. The lowest BCUT2D eigenvalue weighted by Gasteiger charge is -2.19. The first-order valence-corrected chi connectivity index (χ1v) is 12.2. The van der Waals surface area contributed by atoms with E-state index in [0.717, 1.165) is 17.7 Å². The van der Waals surface area contributed by atoms with E-state index >= 15 is 0 Å². The Hall–Kier alpha value is -2.37. The second-order valence-electron chi connectivity index (χ2n) is 8.65. The molecule has 182 valence electrons. The van der Waals surface area contributed by atoms with Crippen LogP contribution in [0.1, 0.15) is 83.6 Å². The van der Waals surface area contributed by atoms with Crippen molar-refractivity contribution in [1.82, 2.24) is 4.98 Å². The molecule has 0 radical (unpaired) electrons. The fourth-order valence-corrected chi connectivity index (χ4v) is 3.75. The first kappa shape index (κ1) is 26.9. The molecule has 33 heavy (non-hydrogen) atoms. The van der Waals surface area contributed by atoms with E-state index in [2.05, 4.69) is 18.0 Å². The molecule has 2 rings (SSSR count). The summed E-state index contributed by atoms with van der Waals surface area (Å²) >= 11 is 0. The molecule has 1 atom stereocenters. The molecular formula is C27H36F3NO2. The predicted molar refractivity (Wildman–Crippen MR) is 126 cm³/mol. The third-order valence-electron chi connectivity index (χ3n) is 5.81. The van der Waals surface area contributed by atoms with Crippen LogP contribution in [0.15, 0.2) is 42.6 Å². The van der Waals surface area contributed by atoms with Crippen LogP contribution in [0.25, 0.3) is 11.3 Å². The summed E-state index contributed by atoms with van der Waals surface area (Å²) in [4.78, 5) is 16.6. The Balaban J connectivity index is 1.85. The Kier molecular flexibility index (Phi) is 11.4.